The van der Waals surface area contributed by atoms with Crippen LogP contribution in [0.5, 0.6) is 11.5 Å². The lowest BCUT2D eigenvalue weighted by Crippen LogP contribution is -2.46. The fourth-order valence-electron chi connectivity index (χ4n) is 5.37. The molecule has 0 unspecified atom stereocenters. The molecule has 0 aliphatic carbocycles. The van der Waals surface area contributed by atoms with E-state index in [2.05, 4.69) is 10.3 Å². The molecule has 4 heterocycles. The first kappa shape index (κ1) is 26.3. The first-order valence-electron chi connectivity index (χ1n) is 13.2. The maximum Gasteiger partial charge on any atom is 0.416 e. The van der Waals surface area contributed by atoms with Gasteiger partial charge in [-0.25, -0.2) is 15.0 Å². The molecular weight excluding hydrogens is 559 g/mol. The van der Waals surface area contributed by atoms with Crippen LogP contribution < -0.4 is 10.2 Å². The van der Waals surface area contributed by atoms with E-state index in [0.717, 1.165) is 17.7 Å². The summed E-state index contributed by atoms with van der Waals surface area (Å²) in [7, 11) is 0. The van der Waals surface area contributed by atoms with Crippen LogP contribution >= 0.6 is 0 Å². The van der Waals surface area contributed by atoms with Crippen LogP contribution in [0, 0.1) is 6.92 Å². The predicted octanol–water partition coefficient (Wildman–Crippen LogP) is 6.80. The van der Waals surface area contributed by atoms with E-state index in [4.69, 9.17) is 15.1 Å². The zero-order valence-electron chi connectivity index (χ0n) is 22.4. The number of nitrogens with one attached hydrogen (secondary N) is 1. The van der Waals surface area contributed by atoms with Gasteiger partial charge in [-0.2, -0.15) is 23.0 Å². The monoisotopic (exact) mass is 581 g/mol. The number of nitrogens with zero attached hydrogens (tertiary/aromatic N) is 6. The highest BCUT2D eigenvalue weighted by molar-refractivity contribution is 6.51. The summed E-state index contributed by atoms with van der Waals surface area (Å²) in [5.74, 6) is 0.901. The van der Waals surface area contributed by atoms with Gasteiger partial charge in [-0.15, -0.1) is 0 Å². The molecule has 5 aromatic rings. The number of halogens is 3. The van der Waals surface area contributed by atoms with Crippen LogP contribution in [-0.2, 0) is 6.18 Å². The zero-order valence-corrected chi connectivity index (χ0v) is 22.4. The number of hydrogen-bond donors (Lipinski definition) is 3. The van der Waals surface area contributed by atoms with E-state index in [0.29, 0.717) is 40.1 Å². The van der Waals surface area contributed by atoms with Crippen LogP contribution in [0.4, 0.5) is 36.1 Å². The second kappa shape index (κ2) is 9.72. The van der Waals surface area contributed by atoms with Gasteiger partial charge in [0, 0.05) is 17.4 Å². The van der Waals surface area contributed by atoms with Crippen molar-refractivity contribution in [3.8, 4) is 17.3 Å². The summed E-state index contributed by atoms with van der Waals surface area (Å²) in [6.45, 7) is 1.85. The first-order valence-corrected chi connectivity index (χ1v) is 13.2. The number of benzene rings is 3. The van der Waals surface area contributed by atoms with E-state index >= 15 is 0 Å². The fourth-order valence-corrected chi connectivity index (χ4v) is 5.37. The van der Waals surface area contributed by atoms with Gasteiger partial charge >= 0.3 is 6.18 Å². The number of anilines is 2. The van der Waals surface area contributed by atoms with Gasteiger partial charge in [-0.1, -0.05) is 30.3 Å². The number of para-hydroxylation sites is 2. The number of amidine groups is 2. The van der Waals surface area contributed by atoms with Crippen molar-refractivity contribution in [3.63, 3.8) is 0 Å². The molecule has 2 aliphatic heterocycles. The topological polar surface area (TPSA) is 111 Å². The number of aromatic nitrogens is 3. The van der Waals surface area contributed by atoms with E-state index in [1.165, 1.54) is 24.3 Å². The number of aromatic hydroxyl groups is 2. The van der Waals surface area contributed by atoms with Gasteiger partial charge in [-0.05, 0) is 67.1 Å². The maximum atomic E-state index is 13.5. The Bertz CT molecular complexity index is 1950. The molecule has 9 nitrogen and oxygen atoms in total. The van der Waals surface area contributed by atoms with Crippen molar-refractivity contribution in [3.05, 3.63) is 114 Å². The molecule has 1 atom stereocenters. The summed E-state index contributed by atoms with van der Waals surface area (Å²) in [5, 5.41) is 28.4. The average Bonchev–Trinajstić information content (AvgIpc) is 3.33. The van der Waals surface area contributed by atoms with Gasteiger partial charge in [0.25, 0.3) is 0 Å². The smallest absolute Gasteiger partial charge is 0.416 e. The highest BCUT2D eigenvalue weighted by Gasteiger charge is 2.42. The van der Waals surface area contributed by atoms with Crippen LogP contribution in [0.25, 0.3) is 5.82 Å². The SMILES string of the molecule is Cc1nn(-c2ccccn2)c2c1[C@@H](c1ccc(O)c(O)c1)N1C(=N2)C(Nc2cccc(C(F)(F)F)c2)=Nc2ccccc21. The summed E-state index contributed by atoms with van der Waals surface area (Å²) in [5.41, 5.74) is 2.59. The van der Waals surface area contributed by atoms with Gasteiger partial charge in [-0.3, -0.25) is 0 Å². The van der Waals surface area contributed by atoms with Crippen molar-refractivity contribution < 1.29 is 23.4 Å². The van der Waals surface area contributed by atoms with Crippen molar-refractivity contribution in [1.29, 1.82) is 0 Å². The number of rotatable bonds is 3. The molecule has 0 bridgehead atoms. The molecule has 3 N–H and O–H groups in total. The highest BCUT2D eigenvalue weighted by Crippen LogP contribution is 2.49. The van der Waals surface area contributed by atoms with Gasteiger partial charge in [0.05, 0.1) is 28.7 Å². The molecule has 43 heavy (non-hydrogen) atoms. The molecular formula is C31H22F3N7O2. The summed E-state index contributed by atoms with van der Waals surface area (Å²) in [6, 6.07) is 21.5. The van der Waals surface area contributed by atoms with Crippen molar-refractivity contribution in [1.82, 2.24) is 14.8 Å². The number of phenols is 2. The average molecular weight is 582 g/mol. The van der Waals surface area contributed by atoms with Crippen molar-refractivity contribution in [2.24, 2.45) is 9.98 Å². The van der Waals surface area contributed by atoms with Crippen LogP contribution in [0.3, 0.4) is 0 Å². The van der Waals surface area contributed by atoms with Crippen molar-refractivity contribution in [2.75, 3.05) is 10.2 Å². The van der Waals surface area contributed by atoms with Crippen LogP contribution in [0.2, 0.25) is 0 Å². The highest BCUT2D eigenvalue weighted by atomic mass is 19.4. The van der Waals surface area contributed by atoms with E-state index < -0.39 is 17.8 Å². The Morgan fingerprint density at radius 1 is 0.860 bits per heavy atom. The Hall–Kier alpha value is -5.65. The Balaban J connectivity index is 1.48. The molecule has 0 fully saturated rings. The lowest BCUT2D eigenvalue weighted by molar-refractivity contribution is -0.137. The minimum Gasteiger partial charge on any atom is -0.504 e. The van der Waals surface area contributed by atoms with Crippen molar-refractivity contribution in [2.45, 2.75) is 19.1 Å². The summed E-state index contributed by atoms with van der Waals surface area (Å²) < 4.78 is 42.2. The van der Waals surface area contributed by atoms with Crippen LogP contribution in [0.15, 0.2) is 101 Å². The lowest BCUT2D eigenvalue weighted by Gasteiger charge is -2.40. The molecule has 2 aromatic heterocycles. The molecule has 0 amide bonds. The lowest BCUT2D eigenvalue weighted by atomic mass is 9.93. The van der Waals surface area contributed by atoms with E-state index in [1.54, 1.807) is 35.1 Å². The number of aliphatic imine (C=N–C) groups is 2. The maximum absolute atomic E-state index is 13.5. The number of phenolic OH excluding ortho intramolecular Hbond substituents is 2. The standard InChI is InChI=1S/C31H22F3N7O2/c1-17-26-27(18-12-13-23(42)24(43)15-18)40-22-10-3-2-9-21(22)37-28(36-20-8-6-7-19(16-20)31(32,33)34)30(40)38-29(26)41(39-17)25-11-4-5-14-35-25/h2-16,27,42-43H,1H3,(H,36,37)/t27-/m1/s1. The largest absolute Gasteiger partial charge is 0.504 e. The van der Waals surface area contributed by atoms with E-state index in [-0.39, 0.29) is 23.0 Å². The zero-order chi connectivity index (χ0) is 29.9. The molecule has 0 saturated heterocycles. The summed E-state index contributed by atoms with van der Waals surface area (Å²) in [6.07, 6.45) is -2.89. The Labute approximate surface area is 242 Å². The number of aryl methyl sites for hydroxylation is 1. The Morgan fingerprint density at radius 3 is 2.44 bits per heavy atom. The van der Waals surface area contributed by atoms with E-state index in [1.807, 2.05) is 36.1 Å². The Morgan fingerprint density at radius 2 is 1.67 bits per heavy atom. The summed E-state index contributed by atoms with van der Waals surface area (Å²) >= 11 is 0. The molecule has 7 rings (SSSR count). The Kier molecular flexibility index (Phi) is 5.94. The third-order valence-electron chi connectivity index (χ3n) is 7.27. The van der Waals surface area contributed by atoms with Gasteiger partial charge in [0.15, 0.2) is 34.8 Å². The molecule has 2 aliphatic rings. The second-order valence-corrected chi connectivity index (χ2v) is 10.0. The van der Waals surface area contributed by atoms with Gasteiger partial charge in [0.2, 0.25) is 0 Å². The number of hydrogen-bond acceptors (Lipinski definition) is 8. The third-order valence-corrected chi connectivity index (χ3v) is 7.27. The minimum absolute atomic E-state index is 0.176. The summed E-state index contributed by atoms with van der Waals surface area (Å²) in [4.78, 5) is 16.1. The van der Waals surface area contributed by atoms with E-state index in [9.17, 15) is 23.4 Å². The predicted molar refractivity (Wildman–Crippen MR) is 156 cm³/mol. The number of fused-ring (bicyclic) bond motifs is 4. The third kappa shape index (κ3) is 4.43. The molecule has 0 saturated carbocycles. The first-order chi connectivity index (χ1) is 20.7. The molecule has 0 spiro atoms. The number of pyridine rings is 1. The molecule has 0 radical (unpaired) electrons. The minimum atomic E-state index is -4.53. The molecule has 12 heteroatoms. The molecule has 214 valence electrons. The van der Waals surface area contributed by atoms with Gasteiger partial charge in [0.1, 0.15) is 0 Å². The quantitative estimate of drug-likeness (QED) is 0.202. The normalized spacial score (nSPS) is 15.6. The van der Waals surface area contributed by atoms with Crippen LogP contribution in [0.1, 0.15) is 28.4 Å². The number of alkyl halides is 3. The van der Waals surface area contributed by atoms with Crippen LogP contribution in [-0.4, -0.2) is 36.6 Å². The molecule has 3 aromatic carbocycles. The second-order valence-electron chi connectivity index (χ2n) is 10.0. The van der Waals surface area contributed by atoms with Crippen molar-refractivity contribution >= 4 is 34.6 Å². The fraction of sp³-hybridized carbons (Fsp3) is 0.0968. The van der Waals surface area contributed by atoms with Gasteiger partial charge < -0.3 is 20.4 Å².